The van der Waals surface area contributed by atoms with Gasteiger partial charge in [-0.15, -0.1) is 0 Å². The molecule has 3 N–H and O–H groups in total. The highest BCUT2D eigenvalue weighted by Crippen LogP contribution is 2.02. The quantitative estimate of drug-likeness (QED) is 0.507. The van der Waals surface area contributed by atoms with Crippen molar-refractivity contribution in [1.29, 1.82) is 0 Å². The van der Waals surface area contributed by atoms with Gasteiger partial charge in [0.2, 0.25) is 11.8 Å². The third kappa shape index (κ3) is 7.42. The zero-order valence-electron chi connectivity index (χ0n) is 13.6. The van der Waals surface area contributed by atoms with E-state index in [-0.39, 0.29) is 18.4 Å². The standard InChI is InChI=1S/C18H24N2O3/c1-3-14(2)18(23)20-16(10-7-13-21)19-17(22)12-11-15-8-5-4-6-9-15/h3-6,8-9,11-12,16,21H,7,10,13H2,1-2H3,(H,19,22)(H,20,23)/b12-11+,14-3+/t16-/m1/s1. The molecule has 0 aliphatic rings. The zero-order valence-corrected chi connectivity index (χ0v) is 13.6. The first-order valence-corrected chi connectivity index (χ1v) is 7.65. The number of hydrogen-bond acceptors (Lipinski definition) is 3. The maximum Gasteiger partial charge on any atom is 0.248 e. The highest BCUT2D eigenvalue weighted by molar-refractivity contribution is 5.94. The Morgan fingerprint density at radius 1 is 1.22 bits per heavy atom. The number of benzene rings is 1. The number of carbonyl (C=O) groups is 2. The van der Waals surface area contributed by atoms with Gasteiger partial charge in [-0.1, -0.05) is 36.4 Å². The molecule has 0 saturated heterocycles. The molecule has 0 aliphatic carbocycles. The number of aliphatic hydroxyl groups is 1. The first-order chi connectivity index (χ1) is 11.1. The topological polar surface area (TPSA) is 78.4 Å². The molecule has 0 unspecified atom stereocenters. The van der Waals surface area contributed by atoms with Crippen LogP contribution in [0.3, 0.4) is 0 Å². The van der Waals surface area contributed by atoms with Gasteiger partial charge in [-0.05, 0) is 38.3 Å². The summed E-state index contributed by atoms with van der Waals surface area (Å²) in [5.74, 6) is -0.530. The second kappa shape index (κ2) is 10.3. The van der Waals surface area contributed by atoms with Gasteiger partial charge in [0.1, 0.15) is 6.17 Å². The zero-order chi connectivity index (χ0) is 17.1. The summed E-state index contributed by atoms with van der Waals surface area (Å²) in [4.78, 5) is 23.9. The van der Waals surface area contributed by atoms with Gasteiger partial charge in [0, 0.05) is 18.3 Å². The van der Waals surface area contributed by atoms with Crippen LogP contribution in [0.1, 0.15) is 32.3 Å². The van der Waals surface area contributed by atoms with Crippen molar-refractivity contribution in [2.24, 2.45) is 0 Å². The number of rotatable bonds is 8. The maximum absolute atomic E-state index is 12.0. The Morgan fingerprint density at radius 3 is 2.52 bits per heavy atom. The van der Waals surface area contributed by atoms with Gasteiger partial charge in [-0.3, -0.25) is 9.59 Å². The summed E-state index contributed by atoms with van der Waals surface area (Å²) in [7, 11) is 0. The van der Waals surface area contributed by atoms with Crippen molar-refractivity contribution in [2.75, 3.05) is 6.61 Å². The number of allylic oxidation sites excluding steroid dienone is 1. The summed E-state index contributed by atoms with van der Waals surface area (Å²) in [6.45, 7) is 3.49. The summed E-state index contributed by atoms with van der Waals surface area (Å²) >= 11 is 0. The molecule has 0 aromatic heterocycles. The summed E-state index contributed by atoms with van der Waals surface area (Å²) in [5.41, 5.74) is 1.50. The highest BCUT2D eigenvalue weighted by atomic mass is 16.3. The Hall–Kier alpha value is -2.40. The third-order valence-electron chi connectivity index (χ3n) is 3.29. The van der Waals surface area contributed by atoms with E-state index in [1.54, 1.807) is 26.0 Å². The lowest BCUT2D eigenvalue weighted by Gasteiger charge is -2.19. The minimum Gasteiger partial charge on any atom is -0.396 e. The number of hydrogen-bond donors (Lipinski definition) is 3. The smallest absolute Gasteiger partial charge is 0.248 e. The number of carbonyl (C=O) groups excluding carboxylic acids is 2. The molecule has 0 saturated carbocycles. The molecule has 0 spiro atoms. The monoisotopic (exact) mass is 316 g/mol. The Bertz CT molecular complexity index is 565. The van der Waals surface area contributed by atoms with Crippen molar-refractivity contribution in [3.8, 4) is 0 Å². The first kappa shape index (κ1) is 18.6. The molecule has 23 heavy (non-hydrogen) atoms. The molecular formula is C18H24N2O3. The number of nitrogens with one attached hydrogen (secondary N) is 2. The van der Waals surface area contributed by atoms with Crippen molar-refractivity contribution >= 4 is 17.9 Å². The molecule has 0 heterocycles. The van der Waals surface area contributed by atoms with Crippen LogP contribution in [-0.4, -0.2) is 29.7 Å². The molecule has 0 fully saturated rings. The molecule has 1 rings (SSSR count). The van der Waals surface area contributed by atoms with Gasteiger partial charge in [0.25, 0.3) is 0 Å². The average Bonchev–Trinajstić information content (AvgIpc) is 2.57. The van der Waals surface area contributed by atoms with Gasteiger partial charge < -0.3 is 15.7 Å². The van der Waals surface area contributed by atoms with Crippen LogP contribution in [0.5, 0.6) is 0 Å². The lowest BCUT2D eigenvalue weighted by Crippen LogP contribution is -2.47. The van der Waals surface area contributed by atoms with E-state index < -0.39 is 6.17 Å². The van der Waals surface area contributed by atoms with Crippen LogP contribution in [0.4, 0.5) is 0 Å². The van der Waals surface area contributed by atoms with Crippen molar-refractivity contribution in [3.05, 3.63) is 53.6 Å². The van der Waals surface area contributed by atoms with Gasteiger partial charge in [-0.2, -0.15) is 0 Å². The lowest BCUT2D eigenvalue weighted by atomic mass is 10.2. The SMILES string of the molecule is C/C=C(\C)C(=O)N[C@H](CCCO)NC(=O)/C=C/c1ccccc1. The molecule has 0 aliphatic heterocycles. The minimum absolute atomic E-state index is 0.00466. The summed E-state index contributed by atoms with van der Waals surface area (Å²) in [5, 5.41) is 14.4. The molecule has 124 valence electrons. The van der Waals surface area contributed by atoms with Crippen molar-refractivity contribution in [1.82, 2.24) is 10.6 Å². The maximum atomic E-state index is 12.0. The van der Waals surface area contributed by atoms with E-state index in [0.29, 0.717) is 18.4 Å². The summed E-state index contributed by atoms with van der Waals surface area (Å²) < 4.78 is 0. The van der Waals surface area contributed by atoms with Gasteiger partial charge in [0.15, 0.2) is 0 Å². The van der Waals surface area contributed by atoms with Crippen LogP contribution in [-0.2, 0) is 9.59 Å². The van der Waals surface area contributed by atoms with Crippen LogP contribution >= 0.6 is 0 Å². The Kier molecular flexibility index (Phi) is 8.39. The van der Waals surface area contributed by atoms with E-state index in [9.17, 15) is 9.59 Å². The van der Waals surface area contributed by atoms with Crippen LogP contribution in [0.2, 0.25) is 0 Å². The van der Waals surface area contributed by atoms with E-state index in [1.807, 2.05) is 30.3 Å². The second-order valence-electron chi connectivity index (χ2n) is 5.12. The van der Waals surface area contributed by atoms with Crippen molar-refractivity contribution < 1.29 is 14.7 Å². The first-order valence-electron chi connectivity index (χ1n) is 7.65. The summed E-state index contributed by atoms with van der Waals surface area (Å²) in [6.07, 6.45) is 5.27. The minimum atomic E-state index is -0.516. The predicted molar refractivity (Wildman–Crippen MR) is 91.3 cm³/mol. The average molecular weight is 316 g/mol. The molecule has 0 bridgehead atoms. The molecule has 5 heteroatoms. The van der Waals surface area contributed by atoms with Crippen LogP contribution < -0.4 is 10.6 Å². The van der Waals surface area contributed by atoms with Crippen LogP contribution in [0.15, 0.2) is 48.1 Å². The van der Waals surface area contributed by atoms with Crippen LogP contribution in [0.25, 0.3) is 6.08 Å². The highest BCUT2D eigenvalue weighted by Gasteiger charge is 2.14. The molecule has 5 nitrogen and oxygen atoms in total. The fraction of sp³-hybridized carbons (Fsp3) is 0.333. The van der Waals surface area contributed by atoms with E-state index in [0.717, 1.165) is 5.56 Å². The molecule has 0 radical (unpaired) electrons. The fourth-order valence-corrected chi connectivity index (χ4v) is 1.83. The Balaban J connectivity index is 2.63. The van der Waals surface area contributed by atoms with Crippen LogP contribution in [0, 0.1) is 0 Å². The largest absolute Gasteiger partial charge is 0.396 e. The molecule has 1 atom stereocenters. The van der Waals surface area contributed by atoms with E-state index >= 15 is 0 Å². The van der Waals surface area contributed by atoms with Crippen molar-refractivity contribution in [3.63, 3.8) is 0 Å². The van der Waals surface area contributed by atoms with E-state index in [2.05, 4.69) is 10.6 Å². The third-order valence-corrected chi connectivity index (χ3v) is 3.29. The summed E-state index contributed by atoms with van der Waals surface area (Å²) in [6, 6.07) is 9.47. The van der Waals surface area contributed by atoms with E-state index in [4.69, 9.17) is 5.11 Å². The van der Waals surface area contributed by atoms with E-state index in [1.165, 1.54) is 6.08 Å². The Labute approximate surface area is 137 Å². The van der Waals surface area contributed by atoms with Crippen molar-refractivity contribution in [2.45, 2.75) is 32.9 Å². The predicted octanol–water partition coefficient (Wildman–Crippen LogP) is 2.00. The second-order valence-corrected chi connectivity index (χ2v) is 5.12. The number of aliphatic hydroxyl groups excluding tert-OH is 1. The Morgan fingerprint density at radius 2 is 1.91 bits per heavy atom. The molecule has 2 amide bonds. The number of amides is 2. The van der Waals surface area contributed by atoms with Gasteiger partial charge in [-0.25, -0.2) is 0 Å². The normalized spacial score (nSPS) is 12.9. The molecule has 1 aromatic carbocycles. The molecule has 1 aromatic rings. The molecular weight excluding hydrogens is 292 g/mol. The van der Waals surface area contributed by atoms with Gasteiger partial charge in [0.05, 0.1) is 0 Å². The fourth-order valence-electron chi connectivity index (χ4n) is 1.83. The van der Waals surface area contributed by atoms with Gasteiger partial charge >= 0.3 is 0 Å². The lowest BCUT2D eigenvalue weighted by molar-refractivity contribution is -0.120.